The van der Waals surface area contributed by atoms with E-state index in [-0.39, 0.29) is 19.5 Å². The van der Waals surface area contributed by atoms with Crippen LogP contribution in [0.15, 0.2) is 52.3 Å². The van der Waals surface area contributed by atoms with Crippen LogP contribution in [0.3, 0.4) is 0 Å². The fourth-order valence-corrected chi connectivity index (χ4v) is 3.99. The molecule has 0 unspecified atom stereocenters. The lowest BCUT2D eigenvalue weighted by Gasteiger charge is -2.12. The number of alkyl halides is 3. The van der Waals surface area contributed by atoms with Crippen molar-refractivity contribution in [3.8, 4) is 0 Å². The minimum absolute atomic E-state index is 0.165. The maximum absolute atomic E-state index is 12.9. The van der Waals surface area contributed by atoms with Crippen molar-refractivity contribution in [2.75, 3.05) is 12.8 Å². The van der Waals surface area contributed by atoms with E-state index in [1.54, 1.807) is 11.8 Å². The third-order valence-corrected chi connectivity index (χ3v) is 6.38. The molecule has 0 saturated carbocycles. The highest BCUT2D eigenvalue weighted by atomic mass is 35.5. The summed E-state index contributed by atoms with van der Waals surface area (Å²) < 4.78 is 65.2. The van der Waals surface area contributed by atoms with Crippen molar-refractivity contribution in [3.63, 3.8) is 0 Å². The van der Waals surface area contributed by atoms with E-state index < -0.39 is 37.6 Å². The molecule has 11 heteroatoms. The van der Waals surface area contributed by atoms with E-state index in [2.05, 4.69) is 10.0 Å². The Morgan fingerprint density at radius 1 is 1.14 bits per heavy atom. The molecule has 0 fully saturated rings. The highest BCUT2D eigenvalue weighted by molar-refractivity contribution is 7.98. The highest BCUT2D eigenvalue weighted by Crippen LogP contribution is 2.35. The summed E-state index contributed by atoms with van der Waals surface area (Å²) in [5.41, 5.74) is -0.357. The number of hydrogen-bond acceptors (Lipinski definition) is 4. The van der Waals surface area contributed by atoms with E-state index in [1.807, 2.05) is 30.5 Å². The first kappa shape index (κ1) is 23.5. The largest absolute Gasteiger partial charge is 0.417 e. The van der Waals surface area contributed by atoms with Crippen LogP contribution in [0.25, 0.3) is 0 Å². The number of halogens is 4. The molecule has 2 aromatic carbocycles. The van der Waals surface area contributed by atoms with Crippen LogP contribution >= 0.6 is 23.4 Å². The first-order valence-electron chi connectivity index (χ1n) is 8.29. The molecule has 0 bridgehead atoms. The predicted molar refractivity (Wildman–Crippen MR) is 106 cm³/mol. The number of hydrogen-bond donors (Lipinski definition) is 2. The standard InChI is InChI=1S/C18H18ClF3N2O3S2/c1-28-13-4-2-12(3-5-13)11-23-17(25)8-9-24-29(26,27)14-6-7-16(19)15(10-14)18(20,21)22/h2-7,10,24H,8-9,11H2,1H3,(H,23,25). The summed E-state index contributed by atoms with van der Waals surface area (Å²) in [4.78, 5) is 12.4. The van der Waals surface area contributed by atoms with Gasteiger partial charge in [0.05, 0.1) is 15.5 Å². The maximum Gasteiger partial charge on any atom is 0.417 e. The van der Waals surface area contributed by atoms with Crippen LogP contribution in [0, 0.1) is 0 Å². The molecular formula is C18H18ClF3N2O3S2. The second-order valence-electron chi connectivity index (χ2n) is 5.91. The van der Waals surface area contributed by atoms with Gasteiger partial charge in [-0.2, -0.15) is 13.2 Å². The predicted octanol–water partition coefficient (Wildman–Crippen LogP) is 4.07. The van der Waals surface area contributed by atoms with Gasteiger partial charge in [-0.15, -0.1) is 11.8 Å². The fourth-order valence-electron chi connectivity index (χ4n) is 2.30. The third kappa shape index (κ3) is 6.91. The number of sulfonamides is 1. The Labute approximate surface area is 176 Å². The minimum Gasteiger partial charge on any atom is -0.352 e. The van der Waals surface area contributed by atoms with Crippen molar-refractivity contribution in [1.29, 1.82) is 0 Å². The van der Waals surface area contributed by atoms with Crippen LogP contribution in [-0.4, -0.2) is 27.1 Å². The van der Waals surface area contributed by atoms with Gasteiger partial charge in [0.1, 0.15) is 0 Å². The lowest BCUT2D eigenvalue weighted by Crippen LogP contribution is -2.30. The number of carbonyl (C=O) groups is 1. The van der Waals surface area contributed by atoms with E-state index in [9.17, 15) is 26.4 Å². The number of benzene rings is 2. The van der Waals surface area contributed by atoms with Crippen LogP contribution in [0.4, 0.5) is 13.2 Å². The first-order chi connectivity index (χ1) is 13.5. The van der Waals surface area contributed by atoms with Gasteiger partial charge >= 0.3 is 6.18 Å². The molecule has 0 radical (unpaired) electrons. The van der Waals surface area contributed by atoms with E-state index in [1.165, 1.54) is 0 Å². The molecule has 0 heterocycles. The second kappa shape index (κ2) is 9.84. The summed E-state index contributed by atoms with van der Waals surface area (Å²) in [6.07, 6.45) is -3.00. The van der Waals surface area contributed by atoms with Gasteiger partial charge in [-0.3, -0.25) is 4.79 Å². The van der Waals surface area contributed by atoms with Gasteiger partial charge in [0, 0.05) is 24.4 Å². The van der Waals surface area contributed by atoms with Gasteiger partial charge in [-0.25, -0.2) is 13.1 Å². The summed E-state index contributed by atoms with van der Waals surface area (Å²) in [6.45, 7) is 0.0237. The van der Waals surface area contributed by atoms with E-state index in [0.29, 0.717) is 6.07 Å². The zero-order chi connectivity index (χ0) is 21.7. The Morgan fingerprint density at radius 3 is 2.38 bits per heavy atom. The SMILES string of the molecule is CSc1ccc(CNC(=O)CCNS(=O)(=O)c2ccc(Cl)c(C(F)(F)F)c2)cc1. The molecule has 0 aliphatic rings. The summed E-state index contributed by atoms with van der Waals surface area (Å²) in [5.74, 6) is -0.395. The van der Waals surface area contributed by atoms with E-state index >= 15 is 0 Å². The van der Waals surface area contributed by atoms with Crippen molar-refractivity contribution in [2.45, 2.75) is 28.9 Å². The van der Waals surface area contributed by atoms with Gasteiger partial charge in [0.25, 0.3) is 0 Å². The van der Waals surface area contributed by atoms with Crippen molar-refractivity contribution in [3.05, 3.63) is 58.6 Å². The van der Waals surface area contributed by atoms with Gasteiger partial charge < -0.3 is 5.32 Å². The zero-order valence-corrected chi connectivity index (χ0v) is 17.6. The van der Waals surface area contributed by atoms with Crippen molar-refractivity contribution >= 4 is 39.3 Å². The van der Waals surface area contributed by atoms with Crippen LogP contribution in [-0.2, 0) is 27.5 Å². The highest BCUT2D eigenvalue weighted by Gasteiger charge is 2.34. The molecule has 2 aromatic rings. The van der Waals surface area contributed by atoms with Gasteiger partial charge in [-0.05, 0) is 42.2 Å². The number of rotatable bonds is 8. The molecule has 158 valence electrons. The minimum atomic E-state index is -4.78. The molecule has 1 amide bonds. The van der Waals surface area contributed by atoms with Crippen LogP contribution in [0.2, 0.25) is 5.02 Å². The maximum atomic E-state index is 12.9. The molecule has 2 N–H and O–H groups in total. The first-order valence-corrected chi connectivity index (χ1v) is 11.4. The van der Waals surface area contributed by atoms with Crippen molar-refractivity contribution in [2.24, 2.45) is 0 Å². The second-order valence-corrected chi connectivity index (χ2v) is 8.97. The Balaban J connectivity index is 1.89. The zero-order valence-electron chi connectivity index (χ0n) is 15.2. The van der Waals surface area contributed by atoms with Crippen LogP contribution < -0.4 is 10.0 Å². The quantitative estimate of drug-likeness (QED) is 0.575. The number of nitrogens with one attached hydrogen (secondary N) is 2. The van der Waals surface area contributed by atoms with Gasteiger partial charge in [0.15, 0.2) is 0 Å². The molecule has 0 aliphatic carbocycles. The molecule has 29 heavy (non-hydrogen) atoms. The average Bonchev–Trinajstić information content (AvgIpc) is 2.66. The smallest absolute Gasteiger partial charge is 0.352 e. The lowest BCUT2D eigenvalue weighted by molar-refractivity contribution is -0.137. The molecule has 0 spiro atoms. The van der Waals surface area contributed by atoms with Gasteiger partial charge in [0.2, 0.25) is 15.9 Å². The Kier molecular flexibility index (Phi) is 7.98. The summed E-state index contributed by atoms with van der Waals surface area (Å²) >= 11 is 7.08. The molecule has 5 nitrogen and oxygen atoms in total. The molecule has 0 aliphatic heterocycles. The number of thioether (sulfide) groups is 1. The molecular weight excluding hydrogens is 449 g/mol. The van der Waals surface area contributed by atoms with E-state index in [0.717, 1.165) is 22.6 Å². The van der Waals surface area contributed by atoms with Crippen LogP contribution in [0.5, 0.6) is 0 Å². The van der Waals surface area contributed by atoms with Crippen LogP contribution in [0.1, 0.15) is 17.5 Å². The summed E-state index contributed by atoms with van der Waals surface area (Å²) in [7, 11) is -4.22. The summed E-state index contributed by atoms with van der Waals surface area (Å²) in [5, 5.41) is 2.06. The normalized spacial score (nSPS) is 12.0. The molecule has 2 rings (SSSR count). The number of carbonyl (C=O) groups excluding carboxylic acids is 1. The molecule has 0 saturated heterocycles. The lowest BCUT2D eigenvalue weighted by atomic mass is 10.2. The topological polar surface area (TPSA) is 75.3 Å². The van der Waals surface area contributed by atoms with Crippen molar-refractivity contribution < 1.29 is 26.4 Å². The van der Waals surface area contributed by atoms with Gasteiger partial charge in [-0.1, -0.05) is 23.7 Å². The Hall–Kier alpha value is -1.75. The van der Waals surface area contributed by atoms with E-state index in [4.69, 9.17) is 11.6 Å². The summed E-state index contributed by atoms with van der Waals surface area (Å²) in [6, 6.07) is 9.87. The van der Waals surface area contributed by atoms with Crippen molar-refractivity contribution in [1.82, 2.24) is 10.0 Å². The third-order valence-electron chi connectivity index (χ3n) is 3.85. The Bertz CT molecular complexity index is 965. The molecule has 0 atom stereocenters. The average molecular weight is 467 g/mol. The monoisotopic (exact) mass is 466 g/mol. The Morgan fingerprint density at radius 2 is 1.79 bits per heavy atom. The fraction of sp³-hybridized carbons (Fsp3) is 0.278. The number of amides is 1. The molecule has 0 aromatic heterocycles.